The van der Waals surface area contributed by atoms with Crippen molar-refractivity contribution in [2.75, 3.05) is 0 Å². The summed E-state index contributed by atoms with van der Waals surface area (Å²) >= 11 is 6.48. The lowest BCUT2D eigenvalue weighted by Gasteiger charge is -2.03. The molecule has 0 radical (unpaired) electrons. The summed E-state index contributed by atoms with van der Waals surface area (Å²) in [6, 6.07) is 0. The fourth-order valence-electron chi connectivity index (χ4n) is 0.552. The average Bonchev–Trinajstić information content (AvgIpc) is 2.34. The van der Waals surface area contributed by atoms with E-state index in [1.807, 2.05) is 0 Å². The Kier molecular flexibility index (Phi) is 2.99. The maximum atomic E-state index is 11.1. The number of hydrogen-bond donors (Lipinski definition) is 0. The Morgan fingerprint density at radius 3 is 2.67 bits per heavy atom. The highest BCUT2D eigenvalue weighted by molar-refractivity contribution is 7.17. The number of ether oxygens (including phenoxy) is 1. The third-order valence-corrected chi connectivity index (χ3v) is 1.92. The van der Waals surface area contributed by atoms with E-state index in [-0.39, 0.29) is 15.6 Å². The molecule has 0 unspecified atom stereocenters. The second-order valence-corrected chi connectivity index (χ2v) is 3.87. The first-order chi connectivity index (χ1) is 5.59. The highest BCUT2D eigenvalue weighted by atomic mass is 35.5. The molecule has 0 aliphatic carbocycles. The summed E-state index contributed by atoms with van der Waals surface area (Å²) < 4.78 is 5.10. The van der Waals surface area contributed by atoms with Crippen LogP contribution in [0.3, 0.4) is 0 Å². The molecule has 12 heavy (non-hydrogen) atoms. The second-order valence-electron chi connectivity index (χ2n) is 2.31. The number of rotatable bonds is 2. The summed E-state index contributed by atoms with van der Waals surface area (Å²) in [5, 5.41) is 7.20. The molecule has 0 saturated heterocycles. The van der Waals surface area contributed by atoms with Gasteiger partial charge in [-0.3, -0.25) is 0 Å². The third kappa shape index (κ3) is 2.42. The van der Waals surface area contributed by atoms with Crippen molar-refractivity contribution in [3.05, 3.63) is 9.47 Å². The molecule has 0 aliphatic rings. The molecule has 0 N–H and O–H groups in total. The highest BCUT2D eigenvalue weighted by Crippen LogP contribution is 2.15. The molecule has 0 aromatic carbocycles. The molecular formula is C6H7ClN2O2S. The molecule has 66 valence electrons. The predicted molar refractivity (Wildman–Crippen MR) is 45.5 cm³/mol. The van der Waals surface area contributed by atoms with Gasteiger partial charge in [-0.2, -0.15) is 0 Å². The van der Waals surface area contributed by atoms with Crippen molar-refractivity contribution in [1.82, 2.24) is 10.2 Å². The Hall–Kier alpha value is -0.680. The number of carbonyl (C=O) groups is 1. The van der Waals surface area contributed by atoms with Crippen LogP contribution in [0.2, 0.25) is 4.47 Å². The lowest BCUT2D eigenvalue weighted by molar-refractivity contribution is 0.0376. The minimum atomic E-state index is -0.477. The quantitative estimate of drug-likeness (QED) is 0.692. The summed E-state index contributed by atoms with van der Waals surface area (Å²) in [6.45, 7) is 3.53. The monoisotopic (exact) mass is 206 g/mol. The van der Waals surface area contributed by atoms with Gasteiger partial charge in [0.25, 0.3) is 0 Å². The Bertz CT molecular complexity index is 287. The molecule has 0 bridgehead atoms. The SMILES string of the molecule is CC(C)OC(=O)c1nnc(Cl)s1. The minimum Gasteiger partial charge on any atom is -0.458 e. The van der Waals surface area contributed by atoms with Gasteiger partial charge in [0, 0.05) is 0 Å². The molecule has 0 saturated carbocycles. The Morgan fingerprint density at radius 1 is 1.58 bits per heavy atom. The Morgan fingerprint density at radius 2 is 2.25 bits per heavy atom. The third-order valence-electron chi connectivity index (χ3n) is 0.918. The van der Waals surface area contributed by atoms with Crippen molar-refractivity contribution in [3.8, 4) is 0 Å². The first kappa shape index (κ1) is 9.41. The van der Waals surface area contributed by atoms with Gasteiger partial charge in [0.2, 0.25) is 9.47 Å². The molecule has 0 amide bonds. The van der Waals surface area contributed by atoms with Crippen molar-refractivity contribution in [2.45, 2.75) is 20.0 Å². The van der Waals surface area contributed by atoms with Crippen molar-refractivity contribution in [3.63, 3.8) is 0 Å². The zero-order chi connectivity index (χ0) is 9.14. The predicted octanol–water partition coefficient (Wildman–Crippen LogP) is 1.76. The fraction of sp³-hybridized carbons (Fsp3) is 0.500. The largest absolute Gasteiger partial charge is 0.458 e. The van der Waals surface area contributed by atoms with Gasteiger partial charge in [0.15, 0.2) is 0 Å². The van der Waals surface area contributed by atoms with Gasteiger partial charge in [0.05, 0.1) is 6.10 Å². The van der Waals surface area contributed by atoms with E-state index in [9.17, 15) is 4.79 Å². The van der Waals surface area contributed by atoms with E-state index in [0.29, 0.717) is 0 Å². The lowest BCUT2D eigenvalue weighted by atomic mass is 10.5. The molecular weight excluding hydrogens is 200 g/mol. The number of halogens is 1. The topological polar surface area (TPSA) is 52.1 Å². The lowest BCUT2D eigenvalue weighted by Crippen LogP contribution is -2.11. The molecule has 0 atom stereocenters. The van der Waals surface area contributed by atoms with E-state index in [1.165, 1.54) is 0 Å². The first-order valence-electron chi connectivity index (χ1n) is 3.29. The summed E-state index contributed by atoms with van der Waals surface area (Å²) in [7, 11) is 0. The second kappa shape index (κ2) is 3.82. The van der Waals surface area contributed by atoms with Crippen LogP contribution in [-0.2, 0) is 4.74 Å². The number of esters is 1. The van der Waals surface area contributed by atoms with E-state index < -0.39 is 5.97 Å². The van der Waals surface area contributed by atoms with Gasteiger partial charge in [-0.1, -0.05) is 11.3 Å². The maximum Gasteiger partial charge on any atom is 0.369 e. The zero-order valence-corrected chi connectivity index (χ0v) is 8.15. The van der Waals surface area contributed by atoms with Crippen LogP contribution >= 0.6 is 22.9 Å². The van der Waals surface area contributed by atoms with Crippen LogP contribution in [-0.4, -0.2) is 22.3 Å². The molecule has 0 fully saturated rings. The van der Waals surface area contributed by atoms with Crippen LogP contribution < -0.4 is 0 Å². The van der Waals surface area contributed by atoms with E-state index in [2.05, 4.69) is 10.2 Å². The molecule has 6 heteroatoms. The summed E-state index contributed by atoms with van der Waals surface area (Å²) in [6.07, 6.45) is -0.153. The van der Waals surface area contributed by atoms with Crippen LogP contribution in [0, 0.1) is 0 Å². The summed E-state index contributed by atoms with van der Waals surface area (Å²) in [5.41, 5.74) is 0. The van der Waals surface area contributed by atoms with Crippen molar-refractivity contribution < 1.29 is 9.53 Å². The molecule has 1 heterocycles. The molecule has 0 aliphatic heterocycles. The Labute approximate surface area is 78.5 Å². The number of hydrogen-bond acceptors (Lipinski definition) is 5. The smallest absolute Gasteiger partial charge is 0.369 e. The number of carbonyl (C=O) groups excluding carboxylic acids is 1. The number of aromatic nitrogens is 2. The number of nitrogens with zero attached hydrogens (tertiary/aromatic N) is 2. The van der Waals surface area contributed by atoms with Crippen LogP contribution in [0.15, 0.2) is 0 Å². The van der Waals surface area contributed by atoms with Gasteiger partial charge in [-0.15, -0.1) is 10.2 Å². The standard InChI is InChI=1S/C6H7ClN2O2S/c1-3(2)11-5(10)4-8-9-6(7)12-4/h3H,1-2H3. The van der Waals surface area contributed by atoms with Crippen molar-refractivity contribution >= 4 is 28.9 Å². The summed E-state index contributed by atoms with van der Waals surface area (Å²) in [4.78, 5) is 11.1. The molecule has 0 spiro atoms. The van der Waals surface area contributed by atoms with Gasteiger partial charge in [-0.25, -0.2) is 4.79 Å². The minimum absolute atomic E-state index is 0.153. The zero-order valence-electron chi connectivity index (χ0n) is 6.57. The van der Waals surface area contributed by atoms with Crippen molar-refractivity contribution in [2.24, 2.45) is 0 Å². The van der Waals surface area contributed by atoms with Gasteiger partial charge in [0.1, 0.15) is 0 Å². The van der Waals surface area contributed by atoms with E-state index >= 15 is 0 Å². The van der Waals surface area contributed by atoms with Crippen LogP contribution in [0.25, 0.3) is 0 Å². The summed E-state index contributed by atoms with van der Waals surface area (Å²) in [5.74, 6) is -0.477. The highest BCUT2D eigenvalue weighted by Gasteiger charge is 2.14. The average molecular weight is 207 g/mol. The Balaban J connectivity index is 2.65. The van der Waals surface area contributed by atoms with Gasteiger partial charge >= 0.3 is 5.97 Å². The van der Waals surface area contributed by atoms with E-state index in [1.54, 1.807) is 13.8 Å². The van der Waals surface area contributed by atoms with Gasteiger partial charge < -0.3 is 4.74 Å². The van der Waals surface area contributed by atoms with Crippen LogP contribution in [0.4, 0.5) is 0 Å². The molecule has 4 nitrogen and oxygen atoms in total. The fourth-order valence-corrected chi connectivity index (χ4v) is 1.26. The van der Waals surface area contributed by atoms with E-state index in [4.69, 9.17) is 16.3 Å². The van der Waals surface area contributed by atoms with E-state index in [0.717, 1.165) is 11.3 Å². The van der Waals surface area contributed by atoms with Crippen LogP contribution in [0.5, 0.6) is 0 Å². The maximum absolute atomic E-state index is 11.1. The normalized spacial score (nSPS) is 10.3. The molecule has 1 aromatic heterocycles. The van der Waals surface area contributed by atoms with Crippen molar-refractivity contribution in [1.29, 1.82) is 0 Å². The van der Waals surface area contributed by atoms with Crippen LogP contribution in [0.1, 0.15) is 23.6 Å². The molecule has 1 aromatic rings. The van der Waals surface area contributed by atoms with Gasteiger partial charge in [-0.05, 0) is 25.4 Å². The first-order valence-corrected chi connectivity index (χ1v) is 4.49. The molecule has 1 rings (SSSR count).